The first-order valence-corrected chi connectivity index (χ1v) is 8.51. The van der Waals surface area contributed by atoms with Crippen molar-refractivity contribution in [2.75, 3.05) is 12.8 Å². The maximum atomic E-state index is 12.4. The minimum atomic E-state index is -0.0241. The zero-order valence-corrected chi connectivity index (χ0v) is 12.7. The second-order valence-electron chi connectivity index (χ2n) is 4.62. The van der Waals surface area contributed by atoms with Gasteiger partial charge in [-0.3, -0.25) is 10.1 Å². The van der Waals surface area contributed by atoms with Crippen molar-refractivity contribution < 1.29 is 4.79 Å². The molecule has 1 aliphatic heterocycles. The summed E-state index contributed by atoms with van der Waals surface area (Å²) in [4.78, 5) is 14.3. The first-order valence-electron chi connectivity index (χ1n) is 6.28. The van der Waals surface area contributed by atoms with E-state index in [0.717, 1.165) is 13.0 Å². The molecule has 5 heteroatoms. The Balaban J connectivity index is 2.18. The Morgan fingerprint density at radius 2 is 2.39 bits per heavy atom. The van der Waals surface area contributed by atoms with Crippen LogP contribution in [0.25, 0.3) is 0 Å². The van der Waals surface area contributed by atoms with Crippen molar-refractivity contribution in [3.8, 4) is 0 Å². The van der Waals surface area contributed by atoms with Gasteiger partial charge in [0, 0.05) is 11.8 Å². The van der Waals surface area contributed by atoms with Gasteiger partial charge in [-0.15, -0.1) is 0 Å². The molecule has 1 aromatic heterocycles. The summed E-state index contributed by atoms with van der Waals surface area (Å²) in [6.45, 7) is 5.04. The number of carbonyl (C=O) groups is 1. The summed E-state index contributed by atoms with van der Waals surface area (Å²) in [5.74, 6) is 0.245. The van der Waals surface area contributed by atoms with Crippen LogP contribution < -0.4 is 5.32 Å². The first kappa shape index (κ1) is 13.9. The summed E-state index contributed by atoms with van der Waals surface area (Å²) in [5, 5.41) is 8.10. The Kier molecular flexibility index (Phi) is 4.70. The summed E-state index contributed by atoms with van der Waals surface area (Å²) < 4.78 is 0. The van der Waals surface area contributed by atoms with Crippen molar-refractivity contribution >= 4 is 29.0 Å². The Labute approximate surface area is 117 Å². The quantitative estimate of drug-likeness (QED) is 0.902. The molecule has 1 aromatic rings. The number of amides is 1. The molecule has 1 N–H and O–H groups in total. The summed E-state index contributed by atoms with van der Waals surface area (Å²) in [6.07, 6.45) is 3.00. The molecule has 1 saturated heterocycles. The van der Waals surface area contributed by atoms with E-state index in [1.54, 1.807) is 23.1 Å². The lowest BCUT2D eigenvalue weighted by Gasteiger charge is -2.26. The number of carbonyl (C=O) groups excluding carboxylic acids is 1. The summed E-state index contributed by atoms with van der Waals surface area (Å²) in [6, 6.07) is 2.08. The predicted octanol–water partition coefficient (Wildman–Crippen LogP) is 2.71. The number of hydrogen-bond acceptors (Lipinski definition) is 4. The highest BCUT2D eigenvalue weighted by molar-refractivity contribution is 7.99. The Hall–Kier alpha value is -0.520. The molecule has 0 radical (unpaired) electrons. The van der Waals surface area contributed by atoms with Gasteiger partial charge in [-0.05, 0) is 35.1 Å². The van der Waals surface area contributed by atoms with Crippen molar-refractivity contribution in [1.82, 2.24) is 10.2 Å². The van der Waals surface area contributed by atoms with E-state index in [-0.39, 0.29) is 18.1 Å². The molecule has 0 saturated carbocycles. The zero-order chi connectivity index (χ0) is 13.1. The summed E-state index contributed by atoms with van der Waals surface area (Å²) in [7, 11) is 0. The van der Waals surface area contributed by atoms with Gasteiger partial charge in [0.25, 0.3) is 0 Å². The highest BCUT2D eigenvalue weighted by atomic mass is 32.2. The van der Waals surface area contributed by atoms with Gasteiger partial charge in [-0.1, -0.05) is 13.8 Å². The fourth-order valence-corrected chi connectivity index (χ4v) is 3.21. The van der Waals surface area contributed by atoms with Gasteiger partial charge < -0.3 is 4.90 Å². The van der Waals surface area contributed by atoms with Gasteiger partial charge >= 0.3 is 0 Å². The molecule has 100 valence electrons. The van der Waals surface area contributed by atoms with Crippen LogP contribution in [0.5, 0.6) is 0 Å². The second-order valence-corrected chi connectivity index (χ2v) is 6.68. The number of nitrogens with zero attached hydrogens (tertiary/aromatic N) is 1. The molecule has 1 amide bonds. The average Bonchev–Trinajstić information content (AvgIpc) is 2.99. The Morgan fingerprint density at radius 3 is 2.94 bits per heavy atom. The summed E-state index contributed by atoms with van der Waals surface area (Å²) >= 11 is 3.48. The maximum absolute atomic E-state index is 12.4. The molecular formula is C13H20N2OS2. The molecule has 1 fully saturated rings. The van der Waals surface area contributed by atoms with E-state index >= 15 is 0 Å². The van der Waals surface area contributed by atoms with Crippen LogP contribution in [0.4, 0.5) is 0 Å². The second kappa shape index (κ2) is 6.08. The normalized spacial score (nSPS) is 25.7. The topological polar surface area (TPSA) is 32.3 Å². The van der Waals surface area contributed by atoms with Crippen molar-refractivity contribution in [1.29, 1.82) is 0 Å². The predicted molar refractivity (Wildman–Crippen MR) is 79.0 cm³/mol. The van der Waals surface area contributed by atoms with E-state index in [1.807, 2.05) is 4.90 Å². The van der Waals surface area contributed by atoms with Crippen LogP contribution in [0.2, 0.25) is 0 Å². The van der Waals surface area contributed by atoms with Crippen LogP contribution in [0.15, 0.2) is 16.8 Å². The molecule has 0 aromatic carbocycles. The monoisotopic (exact) mass is 284 g/mol. The molecular weight excluding hydrogens is 264 g/mol. The molecule has 3 nitrogen and oxygen atoms in total. The first-order chi connectivity index (χ1) is 8.67. The number of rotatable bonds is 5. The molecule has 0 bridgehead atoms. The lowest BCUT2D eigenvalue weighted by atomic mass is 10.2. The minimum absolute atomic E-state index is 0.0241. The van der Waals surface area contributed by atoms with Crippen LogP contribution in [-0.4, -0.2) is 34.9 Å². The number of nitrogens with one attached hydrogen (secondary N) is 1. The van der Waals surface area contributed by atoms with E-state index in [0.29, 0.717) is 5.25 Å². The number of hydrogen-bond donors (Lipinski definition) is 1. The Bertz CT molecular complexity index is 394. The third-order valence-electron chi connectivity index (χ3n) is 3.38. The van der Waals surface area contributed by atoms with Gasteiger partial charge in [0.05, 0.1) is 6.04 Å². The van der Waals surface area contributed by atoms with E-state index in [1.165, 1.54) is 5.56 Å². The van der Waals surface area contributed by atoms with Crippen LogP contribution >= 0.6 is 23.1 Å². The van der Waals surface area contributed by atoms with Crippen molar-refractivity contribution in [3.63, 3.8) is 0 Å². The van der Waals surface area contributed by atoms with Crippen LogP contribution in [0.3, 0.4) is 0 Å². The van der Waals surface area contributed by atoms with Crippen LogP contribution in [-0.2, 0) is 4.79 Å². The van der Waals surface area contributed by atoms with E-state index in [4.69, 9.17) is 0 Å². The third kappa shape index (κ3) is 2.73. The SMILES string of the molecule is CCC1NC(c2ccsc2)N(CC(C)SC)C1=O. The molecule has 0 aliphatic carbocycles. The number of thiophene rings is 1. The molecule has 18 heavy (non-hydrogen) atoms. The van der Waals surface area contributed by atoms with E-state index in [2.05, 4.69) is 42.2 Å². The van der Waals surface area contributed by atoms with Crippen LogP contribution in [0.1, 0.15) is 32.0 Å². The largest absolute Gasteiger partial charge is 0.320 e. The fourth-order valence-electron chi connectivity index (χ4n) is 2.23. The molecule has 3 unspecified atom stereocenters. The van der Waals surface area contributed by atoms with E-state index < -0.39 is 0 Å². The van der Waals surface area contributed by atoms with Gasteiger partial charge in [-0.25, -0.2) is 0 Å². The highest BCUT2D eigenvalue weighted by Crippen LogP contribution is 2.29. The van der Waals surface area contributed by atoms with Gasteiger partial charge in [-0.2, -0.15) is 23.1 Å². The van der Waals surface area contributed by atoms with Crippen molar-refractivity contribution in [2.24, 2.45) is 0 Å². The Morgan fingerprint density at radius 1 is 1.61 bits per heavy atom. The number of thioether (sulfide) groups is 1. The van der Waals surface area contributed by atoms with E-state index in [9.17, 15) is 4.79 Å². The molecule has 2 heterocycles. The maximum Gasteiger partial charge on any atom is 0.241 e. The standard InChI is InChI=1S/C13H20N2OS2/c1-4-11-13(16)15(7-9(2)17-3)12(14-11)10-5-6-18-8-10/h5-6,8-9,11-12,14H,4,7H2,1-3H3. The molecule has 0 spiro atoms. The van der Waals surface area contributed by atoms with Gasteiger partial charge in [0.2, 0.25) is 5.91 Å². The van der Waals surface area contributed by atoms with Crippen molar-refractivity contribution in [2.45, 2.75) is 37.7 Å². The third-order valence-corrected chi connectivity index (χ3v) is 5.03. The van der Waals surface area contributed by atoms with Crippen LogP contribution in [0, 0.1) is 0 Å². The lowest BCUT2D eigenvalue weighted by Crippen LogP contribution is -2.35. The lowest BCUT2D eigenvalue weighted by molar-refractivity contribution is -0.130. The molecule has 1 aliphatic rings. The molecule has 3 atom stereocenters. The minimum Gasteiger partial charge on any atom is -0.320 e. The fraction of sp³-hybridized carbons (Fsp3) is 0.615. The molecule has 2 rings (SSSR count). The smallest absolute Gasteiger partial charge is 0.241 e. The average molecular weight is 284 g/mol. The highest BCUT2D eigenvalue weighted by Gasteiger charge is 2.38. The summed E-state index contributed by atoms with van der Waals surface area (Å²) in [5.41, 5.74) is 1.21. The van der Waals surface area contributed by atoms with Gasteiger partial charge in [0.15, 0.2) is 0 Å². The van der Waals surface area contributed by atoms with Crippen molar-refractivity contribution in [3.05, 3.63) is 22.4 Å². The zero-order valence-electron chi connectivity index (χ0n) is 11.1. The van der Waals surface area contributed by atoms with Gasteiger partial charge in [0.1, 0.15) is 6.17 Å².